The van der Waals surface area contributed by atoms with Gasteiger partial charge in [0.2, 0.25) is 5.75 Å². The first-order valence-corrected chi connectivity index (χ1v) is 11.4. The number of benzene rings is 3. The maximum atomic E-state index is 12.5. The molecule has 0 bridgehead atoms. The molecule has 6 nitrogen and oxygen atoms in total. The fraction of sp³-hybridized carbons (Fsp3) is 0.138. The van der Waals surface area contributed by atoms with E-state index in [9.17, 15) is 4.79 Å². The van der Waals surface area contributed by atoms with E-state index in [1.165, 1.54) is 13.2 Å². The summed E-state index contributed by atoms with van der Waals surface area (Å²) < 4.78 is 21.7. The lowest BCUT2D eigenvalue weighted by atomic mass is 10.1. The summed E-state index contributed by atoms with van der Waals surface area (Å²) in [5.74, 6) is 1.95. The highest BCUT2D eigenvalue weighted by Crippen LogP contribution is 2.39. The zero-order valence-electron chi connectivity index (χ0n) is 20.6. The largest absolute Gasteiger partial charge is 0.493 e. The van der Waals surface area contributed by atoms with Gasteiger partial charge in [-0.1, -0.05) is 54.6 Å². The fourth-order valence-corrected chi connectivity index (χ4v) is 3.84. The Balaban J connectivity index is 1.85. The lowest BCUT2D eigenvalue weighted by molar-refractivity contribution is 0.104. The number of hydrogen-bond acceptors (Lipinski definition) is 6. The molecular formula is C29H28ClNO5. The number of carbonyl (C=O) groups excluding carboxylic acids is 1. The molecule has 0 saturated carbocycles. The van der Waals surface area contributed by atoms with Gasteiger partial charge in [-0.25, -0.2) is 0 Å². The van der Waals surface area contributed by atoms with Gasteiger partial charge in [0, 0.05) is 17.8 Å². The fourth-order valence-electron chi connectivity index (χ4n) is 3.54. The van der Waals surface area contributed by atoms with Crippen molar-refractivity contribution in [1.82, 2.24) is 0 Å². The van der Waals surface area contributed by atoms with E-state index in [1.54, 1.807) is 51.8 Å². The highest BCUT2D eigenvalue weighted by Gasteiger charge is 2.13. The minimum atomic E-state index is -0.144. The molecule has 36 heavy (non-hydrogen) atoms. The molecule has 0 aliphatic rings. The predicted octanol–water partition coefficient (Wildman–Crippen LogP) is 7.00. The molecule has 3 aromatic carbocycles. The van der Waals surface area contributed by atoms with E-state index >= 15 is 0 Å². The molecule has 0 aromatic heterocycles. The standard InChI is InChI=1S/C29H28ClNO5/c1-6-19-8-7-9-22(14-19)25(32)12-13-31-24-16-20(15-23(30)28(24)35-4)10-11-21-17-26(33-2)29(36-5)27(18-21)34-3/h6-18,31H,1H2,2-5H3/b11-10-,13-12-. The van der Waals surface area contributed by atoms with E-state index in [-0.39, 0.29) is 5.78 Å². The van der Waals surface area contributed by atoms with Gasteiger partial charge in [0.25, 0.3) is 0 Å². The second-order valence-corrected chi connectivity index (χ2v) is 7.95. The van der Waals surface area contributed by atoms with Crippen molar-refractivity contribution in [3.63, 3.8) is 0 Å². The molecule has 0 heterocycles. The number of anilines is 1. The summed E-state index contributed by atoms with van der Waals surface area (Å²) in [7, 11) is 6.23. The first kappa shape index (κ1) is 26.4. The topological polar surface area (TPSA) is 66.0 Å². The second kappa shape index (κ2) is 12.5. The van der Waals surface area contributed by atoms with Gasteiger partial charge >= 0.3 is 0 Å². The molecule has 0 saturated heterocycles. The van der Waals surface area contributed by atoms with E-state index in [0.717, 1.165) is 16.7 Å². The average molecular weight is 506 g/mol. The van der Waals surface area contributed by atoms with Crippen molar-refractivity contribution >= 4 is 41.3 Å². The summed E-state index contributed by atoms with van der Waals surface area (Å²) in [6, 6.07) is 14.6. The quantitative estimate of drug-likeness (QED) is 0.172. The van der Waals surface area contributed by atoms with Gasteiger partial charge < -0.3 is 24.3 Å². The molecule has 0 fully saturated rings. The van der Waals surface area contributed by atoms with Gasteiger partial charge in [-0.05, 0) is 47.0 Å². The van der Waals surface area contributed by atoms with Gasteiger partial charge in [-0.3, -0.25) is 4.79 Å². The van der Waals surface area contributed by atoms with Crippen LogP contribution < -0.4 is 24.3 Å². The zero-order valence-corrected chi connectivity index (χ0v) is 21.4. The molecule has 0 spiro atoms. The minimum absolute atomic E-state index is 0.144. The zero-order chi connectivity index (χ0) is 26.1. The second-order valence-electron chi connectivity index (χ2n) is 7.55. The molecule has 0 radical (unpaired) electrons. The number of ketones is 1. The molecule has 186 valence electrons. The van der Waals surface area contributed by atoms with Gasteiger partial charge in [0.15, 0.2) is 23.0 Å². The monoisotopic (exact) mass is 505 g/mol. The molecule has 0 aliphatic heterocycles. The van der Waals surface area contributed by atoms with Gasteiger partial charge in [0.05, 0.1) is 39.1 Å². The molecular weight excluding hydrogens is 478 g/mol. The third kappa shape index (κ3) is 6.29. The number of methoxy groups -OCH3 is 4. The van der Waals surface area contributed by atoms with Crippen LogP contribution >= 0.6 is 11.6 Å². The molecule has 0 amide bonds. The molecule has 0 aliphatic carbocycles. The first-order valence-electron chi connectivity index (χ1n) is 11.0. The van der Waals surface area contributed by atoms with Crippen LogP contribution in [-0.2, 0) is 0 Å². The van der Waals surface area contributed by atoms with Gasteiger partial charge in [-0.15, -0.1) is 0 Å². The third-order valence-electron chi connectivity index (χ3n) is 5.31. The Kier molecular flexibility index (Phi) is 9.19. The normalized spacial score (nSPS) is 10.9. The summed E-state index contributed by atoms with van der Waals surface area (Å²) in [4.78, 5) is 12.5. The Morgan fingerprint density at radius 2 is 1.47 bits per heavy atom. The molecule has 3 rings (SSSR count). The number of nitrogens with one attached hydrogen (secondary N) is 1. The number of hydrogen-bond donors (Lipinski definition) is 1. The van der Waals surface area contributed by atoms with E-state index < -0.39 is 0 Å². The van der Waals surface area contributed by atoms with Crippen molar-refractivity contribution in [1.29, 1.82) is 0 Å². The van der Waals surface area contributed by atoms with Gasteiger partial charge in [0.1, 0.15) is 0 Å². The number of halogens is 1. The first-order chi connectivity index (χ1) is 17.4. The Morgan fingerprint density at radius 3 is 2.06 bits per heavy atom. The van der Waals surface area contributed by atoms with Crippen LogP contribution in [0.5, 0.6) is 23.0 Å². The van der Waals surface area contributed by atoms with Crippen LogP contribution in [-0.4, -0.2) is 34.2 Å². The summed E-state index contributed by atoms with van der Waals surface area (Å²) in [5.41, 5.74) is 3.71. The van der Waals surface area contributed by atoms with E-state index in [4.69, 9.17) is 30.5 Å². The van der Waals surface area contributed by atoms with Crippen LogP contribution in [0, 0.1) is 0 Å². The number of allylic oxidation sites excluding steroid dienone is 1. The summed E-state index contributed by atoms with van der Waals surface area (Å²) >= 11 is 6.47. The van der Waals surface area contributed by atoms with Crippen LogP contribution in [0.15, 0.2) is 67.4 Å². The van der Waals surface area contributed by atoms with Crippen molar-refractivity contribution in [2.24, 2.45) is 0 Å². The summed E-state index contributed by atoms with van der Waals surface area (Å²) in [6.45, 7) is 3.74. The average Bonchev–Trinajstić information content (AvgIpc) is 2.90. The smallest absolute Gasteiger partial charge is 0.203 e. The van der Waals surface area contributed by atoms with Crippen molar-refractivity contribution in [2.45, 2.75) is 0 Å². The molecule has 0 unspecified atom stereocenters. The molecule has 1 N–H and O–H groups in total. The SMILES string of the molecule is C=Cc1cccc(C(=O)/C=C\Nc2cc(/C=C\c3cc(OC)c(OC)c(OC)c3)cc(Cl)c2OC)c1. The third-order valence-corrected chi connectivity index (χ3v) is 5.59. The Bertz CT molecular complexity index is 1290. The van der Waals surface area contributed by atoms with Crippen molar-refractivity contribution in [3.05, 3.63) is 94.7 Å². The maximum absolute atomic E-state index is 12.5. The van der Waals surface area contributed by atoms with Crippen LogP contribution in [0.1, 0.15) is 27.0 Å². The van der Waals surface area contributed by atoms with E-state index in [0.29, 0.717) is 39.3 Å². The van der Waals surface area contributed by atoms with Crippen LogP contribution in [0.3, 0.4) is 0 Å². The van der Waals surface area contributed by atoms with Crippen molar-refractivity contribution < 1.29 is 23.7 Å². The molecule has 7 heteroatoms. The maximum Gasteiger partial charge on any atom is 0.203 e. The predicted molar refractivity (Wildman–Crippen MR) is 147 cm³/mol. The number of ether oxygens (including phenoxy) is 4. The summed E-state index contributed by atoms with van der Waals surface area (Å²) in [6.07, 6.45) is 8.51. The minimum Gasteiger partial charge on any atom is -0.493 e. The van der Waals surface area contributed by atoms with Crippen LogP contribution in [0.2, 0.25) is 5.02 Å². The van der Waals surface area contributed by atoms with E-state index in [1.807, 2.05) is 42.5 Å². The number of rotatable bonds is 11. The van der Waals surface area contributed by atoms with Crippen LogP contribution in [0.25, 0.3) is 18.2 Å². The summed E-state index contributed by atoms with van der Waals surface area (Å²) in [5, 5.41) is 3.52. The van der Waals surface area contributed by atoms with Crippen molar-refractivity contribution in [3.8, 4) is 23.0 Å². The van der Waals surface area contributed by atoms with Crippen LogP contribution in [0.4, 0.5) is 5.69 Å². The van der Waals surface area contributed by atoms with Gasteiger partial charge in [-0.2, -0.15) is 0 Å². The van der Waals surface area contributed by atoms with E-state index in [2.05, 4.69) is 11.9 Å². The Morgan fingerprint density at radius 1 is 0.833 bits per heavy atom. The molecule has 3 aromatic rings. The Hall–Kier alpha value is -4.16. The highest BCUT2D eigenvalue weighted by atomic mass is 35.5. The Labute approximate surface area is 216 Å². The lowest BCUT2D eigenvalue weighted by Gasteiger charge is -2.13. The highest BCUT2D eigenvalue weighted by molar-refractivity contribution is 6.32. The lowest BCUT2D eigenvalue weighted by Crippen LogP contribution is -1.98. The van der Waals surface area contributed by atoms with Crippen molar-refractivity contribution in [2.75, 3.05) is 33.8 Å². The molecule has 0 atom stereocenters. The number of carbonyl (C=O) groups is 1.